The SMILES string of the molecule is CCOc1cc2c(cc1OC)C(c1cnc(OC)cc1OC)=NC1CCC(O)CC21.O=S(=O)(O)O. The lowest BCUT2D eigenvalue weighted by molar-refractivity contribution is 0.111. The van der Waals surface area contributed by atoms with Crippen molar-refractivity contribution in [3.63, 3.8) is 0 Å². The maximum absolute atomic E-state index is 10.3. The second kappa shape index (κ2) is 11.2. The van der Waals surface area contributed by atoms with E-state index >= 15 is 0 Å². The molecule has 1 aliphatic carbocycles. The van der Waals surface area contributed by atoms with E-state index in [1.807, 2.05) is 19.1 Å². The highest BCUT2D eigenvalue weighted by Gasteiger charge is 2.38. The molecule has 0 bridgehead atoms. The van der Waals surface area contributed by atoms with Gasteiger partial charge in [0, 0.05) is 23.7 Å². The molecule has 0 radical (unpaired) electrons. The predicted octanol–water partition coefficient (Wildman–Crippen LogP) is 2.70. The molecule has 2 aliphatic rings. The first-order valence-corrected chi connectivity index (χ1v) is 12.4. The third kappa shape index (κ3) is 6.40. The minimum absolute atomic E-state index is 0.0885. The fourth-order valence-electron chi connectivity index (χ4n) is 4.46. The number of ether oxygens (including phenoxy) is 4. The lowest BCUT2D eigenvalue weighted by Crippen LogP contribution is -2.34. The quantitative estimate of drug-likeness (QED) is 0.494. The van der Waals surface area contributed by atoms with Crippen LogP contribution in [0.3, 0.4) is 0 Å². The lowest BCUT2D eigenvalue weighted by atomic mass is 9.74. The Morgan fingerprint density at radius 1 is 0.971 bits per heavy atom. The van der Waals surface area contributed by atoms with Crippen LogP contribution in [0.2, 0.25) is 0 Å². The molecular formula is C23H30N2O9S. The third-order valence-corrected chi connectivity index (χ3v) is 5.90. The number of nitrogens with zero attached hydrogens (tertiary/aromatic N) is 2. The zero-order valence-corrected chi connectivity index (χ0v) is 20.8. The van der Waals surface area contributed by atoms with Crippen molar-refractivity contribution < 1.29 is 41.6 Å². The van der Waals surface area contributed by atoms with E-state index in [1.165, 1.54) is 0 Å². The molecule has 3 atom stereocenters. The summed E-state index contributed by atoms with van der Waals surface area (Å²) in [5.41, 5.74) is 3.69. The van der Waals surface area contributed by atoms with Crippen molar-refractivity contribution in [3.8, 4) is 23.1 Å². The molecule has 1 aliphatic heterocycles. The zero-order valence-electron chi connectivity index (χ0n) is 20.0. The molecular weight excluding hydrogens is 480 g/mol. The predicted molar refractivity (Wildman–Crippen MR) is 128 cm³/mol. The van der Waals surface area contributed by atoms with Gasteiger partial charge in [-0.2, -0.15) is 8.42 Å². The van der Waals surface area contributed by atoms with Crippen LogP contribution in [0.4, 0.5) is 0 Å². The average Bonchev–Trinajstić information content (AvgIpc) is 2.82. The van der Waals surface area contributed by atoms with Crippen LogP contribution in [0.1, 0.15) is 48.8 Å². The van der Waals surface area contributed by atoms with E-state index in [0.717, 1.165) is 35.2 Å². The molecule has 0 saturated heterocycles. The Bertz CT molecular complexity index is 1180. The normalized spacial score (nSPS) is 20.9. The molecule has 1 saturated carbocycles. The number of methoxy groups -OCH3 is 3. The van der Waals surface area contributed by atoms with Crippen LogP contribution in [0.5, 0.6) is 23.1 Å². The van der Waals surface area contributed by atoms with Gasteiger partial charge in [0.15, 0.2) is 11.5 Å². The third-order valence-electron chi connectivity index (χ3n) is 5.90. The highest BCUT2D eigenvalue weighted by molar-refractivity contribution is 7.79. The highest BCUT2D eigenvalue weighted by Crippen LogP contribution is 2.45. The van der Waals surface area contributed by atoms with E-state index in [-0.39, 0.29) is 18.1 Å². The van der Waals surface area contributed by atoms with Gasteiger partial charge in [0.2, 0.25) is 5.88 Å². The first-order chi connectivity index (χ1) is 16.6. The van der Waals surface area contributed by atoms with Crippen LogP contribution >= 0.6 is 0 Å². The molecule has 4 rings (SSSR count). The Morgan fingerprint density at radius 2 is 1.66 bits per heavy atom. The first kappa shape index (κ1) is 26.7. The molecule has 11 nitrogen and oxygen atoms in total. The monoisotopic (exact) mass is 510 g/mol. The summed E-state index contributed by atoms with van der Waals surface area (Å²) >= 11 is 0. The van der Waals surface area contributed by atoms with Crippen molar-refractivity contribution in [1.29, 1.82) is 0 Å². The summed E-state index contributed by atoms with van der Waals surface area (Å²) in [5, 5.41) is 10.3. The van der Waals surface area contributed by atoms with Gasteiger partial charge < -0.3 is 24.1 Å². The van der Waals surface area contributed by atoms with E-state index in [9.17, 15) is 5.11 Å². The van der Waals surface area contributed by atoms with E-state index < -0.39 is 10.4 Å². The van der Waals surface area contributed by atoms with Crippen LogP contribution in [-0.2, 0) is 10.4 Å². The standard InChI is InChI=1S/C23H28N2O5.H2O4S/c1-5-30-21-9-14-15-8-13(26)6-7-18(15)25-23(16(14)10-20(21)28-3)17-12-24-22(29-4)11-19(17)27-2;1-5(2,3)4/h9-13,15,18,26H,5-8H2,1-4H3;(H2,1,2,3,4). The Hall–Kier alpha value is -2.93. The van der Waals surface area contributed by atoms with Gasteiger partial charge in [0.25, 0.3) is 0 Å². The minimum Gasteiger partial charge on any atom is -0.496 e. The van der Waals surface area contributed by atoms with Gasteiger partial charge in [0.05, 0.1) is 51.4 Å². The summed E-state index contributed by atoms with van der Waals surface area (Å²) in [7, 11) is 0.167. The number of aliphatic imine (C=N–C) groups is 1. The number of benzene rings is 1. The fraction of sp³-hybridized carbons (Fsp3) is 0.478. The zero-order chi connectivity index (χ0) is 25.8. The number of aromatic nitrogens is 1. The molecule has 35 heavy (non-hydrogen) atoms. The number of hydrogen-bond donors (Lipinski definition) is 3. The van der Waals surface area contributed by atoms with Gasteiger partial charge in [-0.25, -0.2) is 4.98 Å². The number of hydrogen-bond acceptors (Lipinski definition) is 9. The van der Waals surface area contributed by atoms with Gasteiger partial charge in [-0.15, -0.1) is 0 Å². The van der Waals surface area contributed by atoms with Gasteiger partial charge in [-0.3, -0.25) is 14.1 Å². The molecule has 2 heterocycles. The minimum atomic E-state index is -4.67. The smallest absolute Gasteiger partial charge is 0.394 e. The maximum Gasteiger partial charge on any atom is 0.394 e. The van der Waals surface area contributed by atoms with E-state index in [2.05, 4.69) is 4.98 Å². The summed E-state index contributed by atoms with van der Waals surface area (Å²) in [5.74, 6) is 2.62. The fourth-order valence-corrected chi connectivity index (χ4v) is 4.46. The van der Waals surface area contributed by atoms with E-state index in [4.69, 9.17) is 41.5 Å². The lowest BCUT2D eigenvalue weighted by Gasteiger charge is -2.37. The van der Waals surface area contributed by atoms with E-state index in [0.29, 0.717) is 36.2 Å². The van der Waals surface area contributed by atoms with Gasteiger partial charge >= 0.3 is 10.4 Å². The topological polar surface area (TPSA) is 157 Å². The highest BCUT2D eigenvalue weighted by atomic mass is 32.3. The second-order valence-corrected chi connectivity index (χ2v) is 8.91. The molecule has 0 spiro atoms. The Labute approximate surface area is 204 Å². The van der Waals surface area contributed by atoms with E-state index in [1.54, 1.807) is 33.6 Å². The molecule has 192 valence electrons. The molecule has 2 aromatic rings. The summed E-state index contributed by atoms with van der Waals surface area (Å²) in [6.07, 6.45) is 3.69. The van der Waals surface area contributed by atoms with Crippen LogP contribution in [0, 0.1) is 0 Å². The molecule has 1 aromatic heterocycles. The van der Waals surface area contributed by atoms with Gasteiger partial charge in [-0.05, 0) is 43.9 Å². The summed E-state index contributed by atoms with van der Waals surface area (Å²) in [6.45, 7) is 2.50. The molecule has 3 unspecified atom stereocenters. The van der Waals surface area contributed by atoms with Crippen molar-refractivity contribution >= 4 is 16.1 Å². The number of aliphatic hydroxyl groups is 1. The maximum atomic E-state index is 10.3. The molecule has 3 N–H and O–H groups in total. The van der Waals surface area contributed by atoms with Crippen LogP contribution < -0.4 is 18.9 Å². The summed E-state index contributed by atoms with van der Waals surface area (Å²) < 4.78 is 53.9. The number of pyridine rings is 1. The summed E-state index contributed by atoms with van der Waals surface area (Å²) in [6, 6.07) is 5.87. The van der Waals surface area contributed by atoms with Crippen molar-refractivity contribution in [3.05, 3.63) is 41.1 Å². The Kier molecular flexibility index (Phi) is 8.54. The average molecular weight is 511 g/mol. The van der Waals surface area contributed by atoms with Crippen LogP contribution in [0.15, 0.2) is 29.4 Å². The van der Waals surface area contributed by atoms with Gasteiger partial charge in [-0.1, -0.05) is 0 Å². The van der Waals surface area contributed by atoms with Crippen molar-refractivity contribution in [2.24, 2.45) is 4.99 Å². The molecule has 12 heteroatoms. The van der Waals surface area contributed by atoms with Crippen molar-refractivity contribution in [1.82, 2.24) is 4.98 Å². The Balaban J connectivity index is 0.000000623. The number of fused-ring (bicyclic) bond motifs is 3. The van der Waals surface area contributed by atoms with Crippen LogP contribution in [-0.4, -0.2) is 73.4 Å². The van der Waals surface area contributed by atoms with Gasteiger partial charge in [0.1, 0.15) is 5.75 Å². The number of aliphatic hydroxyl groups excluding tert-OH is 1. The largest absolute Gasteiger partial charge is 0.496 e. The molecule has 1 aromatic carbocycles. The summed E-state index contributed by atoms with van der Waals surface area (Å²) in [4.78, 5) is 9.49. The second-order valence-electron chi connectivity index (χ2n) is 8.02. The number of rotatable bonds is 6. The van der Waals surface area contributed by atoms with Crippen molar-refractivity contribution in [2.75, 3.05) is 27.9 Å². The Morgan fingerprint density at radius 3 is 2.26 bits per heavy atom. The van der Waals surface area contributed by atoms with Crippen molar-refractivity contribution in [2.45, 2.75) is 44.2 Å². The van der Waals surface area contributed by atoms with Crippen LogP contribution in [0.25, 0.3) is 0 Å². The first-order valence-electron chi connectivity index (χ1n) is 11.0. The molecule has 1 fully saturated rings. The molecule has 0 amide bonds.